The van der Waals surface area contributed by atoms with E-state index >= 15 is 0 Å². The molecule has 0 atom stereocenters. The van der Waals surface area contributed by atoms with E-state index in [1.807, 2.05) is 38.2 Å². The molecule has 140 valence electrons. The van der Waals surface area contributed by atoms with Crippen molar-refractivity contribution in [3.8, 4) is 11.4 Å². The van der Waals surface area contributed by atoms with Gasteiger partial charge in [0, 0.05) is 37.1 Å². The van der Waals surface area contributed by atoms with E-state index < -0.39 is 0 Å². The normalized spacial score (nSPS) is 11.3. The first-order valence-corrected chi connectivity index (χ1v) is 9.29. The molecule has 0 radical (unpaired) electrons. The molecule has 5 nitrogen and oxygen atoms in total. The minimum absolute atomic E-state index is 0.108. The molecule has 0 aliphatic carbocycles. The Morgan fingerprint density at radius 1 is 1.11 bits per heavy atom. The van der Waals surface area contributed by atoms with Gasteiger partial charge in [0.15, 0.2) is 0 Å². The van der Waals surface area contributed by atoms with Gasteiger partial charge in [0.1, 0.15) is 5.82 Å². The molecule has 0 fully saturated rings. The lowest BCUT2D eigenvalue weighted by Crippen LogP contribution is -2.20. The number of H-pyrrole nitrogens is 1. The molecule has 0 saturated carbocycles. The van der Waals surface area contributed by atoms with Crippen molar-refractivity contribution in [3.05, 3.63) is 82.0 Å². The maximum atomic E-state index is 11.9. The predicted octanol–water partition coefficient (Wildman–Crippen LogP) is 3.63. The van der Waals surface area contributed by atoms with Crippen LogP contribution in [0.4, 0.5) is 0 Å². The summed E-state index contributed by atoms with van der Waals surface area (Å²) in [4.78, 5) is 25.8. The molecule has 3 aromatic rings. The van der Waals surface area contributed by atoms with Crippen LogP contribution in [0.15, 0.2) is 59.7 Å². The summed E-state index contributed by atoms with van der Waals surface area (Å²) in [5, 5.41) is 0. The van der Waals surface area contributed by atoms with E-state index in [-0.39, 0.29) is 11.5 Å². The molecular formula is C22H26N4O. The number of pyridine rings is 1. The number of nitrogens with zero attached hydrogens (tertiary/aromatic N) is 3. The second-order valence-electron chi connectivity index (χ2n) is 7.22. The van der Waals surface area contributed by atoms with E-state index in [2.05, 4.69) is 45.1 Å². The number of nitrogens with one attached hydrogen (secondary N) is 1. The van der Waals surface area contributed by atoms with Crippen LogP contribution in [0.3, 0.4) is 0 Å². The van der Waals surface area contributed by atoms with Crippen molar-refractivity contribution < 1.29 is 0 Å². The summed E-state index contributed by atoms with van der Waals surface area (Å²) in [5.74, 6) is 0.849. The first-order chi connectivity index (χ1) is 13.0. The van der Waals surface area contributed by atoms with Gasteiger partial charge in [-0.15, -0.1) is 0 Å². The summed E-state index contributed by atoms with van der Waals surface area (Å²) in [6.45, 7) is 5.92. The van der Waals surface area contributed by atoms with Crippen LogP contribution in [0.25, 0.3) is 11.4 Å². The zero-order chi connectivity index (χ0) is 19.2. The Morgan fingerprint density at radius 2 is 1.89 bits per heavy atom. The minimum atomic E-state index is -0.108. The second-order valence-corrected chi connectivity index (χ2v) is 7.22. The lowest BCUT2D eigenvalue weighted by atomic mass is 10.1. The average Bonchev–Trinajstić information content (AvgIpc) is 2.67. The molecule has 1 aromatic carbocycles. The van der Waals surface area contributed by atoms with Gasteiger partial charge < -0.3 is 9.88 Å². The first kappa shape index (κ1) is 19.0. The summed E-state index contributed by atoms with van der Waals surface area (Å²) in [5.41, 5.74) is 4.11. The zero-order valence-corrected chi connectivity index (χ0v) is 16.1. The quantitative estimate of drug-likeness (QED) is 0.697. The van der Waals surface area contributed by atoms with Crippen LogP contribution < -0.4 is 5.56 Å². The monoisotopic (exact) mass is 362 g/mol. The summed E-state index contributed by atoms with van der Waals surface area (Å²) >= 11 is 0. The van der Waals surface area contributed by atoms with E-state index in [0.717, 1.165) is 30.8 Å². The van der Waals surface area contributed by atoms with Crippen molar-refractivity contribution in [1.29, 1.82) is 0 Å². The number of aromatic amines is 1. The SMILES string of the molecule is CC(C)c1cc(=O)[nH]c(-c2ccc(CN(C)CCc3cccnc3)cc2)n1. The maximum Gasteiger partial charge on any atom is 0.251 e. The highest BCUT2D eigenvalue weighted by atomic mass is 16.1. The van der Waals surface area contributed by atoms with Crippen LogP contribution in [0.1, 0.15) is 36.6 Å². The van der Waals surface area contributed by atoms with E-state index in [1.165, 1.54) is 11.1 Å². The van der Waals surface area contributed by atoms with E-state index in [9.17, 15) is 4.79 Å². The Kier molecular flexibility index (Phi) is 6.14. The Bertz CT molecular complexity index is 917. The Balaban J connectivity index is 1.64. The Morgan fingerprint density at radius 3 is 2.56 bits per heavy atom. The van der Waals surface area contributed by atoms with Crippen LogP contribution in [0.5, 0.6) is 0 Å². The highest BCUT2D eigenvalue weighted by Crippen LogP contribution is 2.18. The molecule has 0 aliphatic rings. The molecule has 0 aliphatic heterocycles. The third-order valence-electron chi connectivity index (χ3n) is 4.54. The van der Waals surface area contributed by atoms with Gasteiger partial charge >= 0.3 is 0 Å². The third kappa shape index (κ3) is 5.34. The van der Waals surface area contributed by atoms with Gasteiger partial charge in [0.2, 0.25) is 0 Å². The van der Waals surface area contributed by atoms with Crippen molar-refractivity contribution in [2.24, 2.45) is 0 Å². The van der Waals surface area contributed by atoms with Gasteiger partial charge in [0.05, 0.1) is 5.69 Å². The summed E-state index contributed by atoms with van der Waals surface area (Å²) in [6, 6.07) is 13.9. The molecule has 0 unspecified atom stereocenters. The molecule has 2 heterocycles. The topological polar surface area (TPSA) is 61.9 Å². The first-order valence-electron chi connectivity index (χ1n) is 9.29. The predicted molar refractivity (Wildman–Crippen MR) is 109 cm³/mol. The third-order valence-corrected chi connectivity index (χ3v) is 4.54. The van der Waals surface area contributed by atoms with Crippen molar-refractivity contribution in [2.75, 3.05) is 13.6 Å². The van der Waals surface area contributed by atoms with Gasteiger partial charge in [0.25, 0.3) is 5.56 Å². The van der Waals surface area contributed by atoms with Gasteiger partial charge in [-0.1, -0.05) is 44.2 Å². The number of hydrogen-bond donors (Lipinski definition) is 1. The number of benzene rings is 1. The van der Waals surface area contributed by atoms with E-state index in [1.54, 1.807) is 12.3 Å². The Labute approximate surface area is 160 Å². The molecule has 27 heavy (non-hydrogen) atoms. The smallest absolute Gasteiger partial charge is 0.251 e. The number of rotatable bonds is 7. The number of aromatic nitrogens is 3. The molecule has 5 heteroatoms. The van der Waals surface area contributed by atoms with Crippen LogP contribution in [-0.2, 0) is 13.0 Å². The van der Waals surface area contributed by atoms with Gasteiger partial charge in [-0.25, -0.2) is 4.98 Å². The van der Waals surface area contributed by atoms with E-state index in [4.69, 9.17) is 0 Å². The molecule has 3 rings (SSSR count). The summed E-state index contributed by atoms with van der Waals surface area (Å²) in [7, 11) is 2.12. The maximum absolute atomic E-state index is 11.9. The highest BCUT2D eigenvalue weighted by Gasteiger charge is 2.08. The van der Waals surface area contributed by atoms with Crippen LogP contribution >= 0.6 is 0 Å². The second kappa shape index (κ2) is 8.73. The van der Waals surface area contributed by atoms with Crippen LogP contribution in [-0.4, -0.2) is 33.4 Å². The lowest BCUT2D eigenvalue weighted by molar-refractivity contribution is 0.331. The molecule has 0 spiro atoms. The lowest BCUT2D eigenvalue weighted by Gasteiger charge is -2.17. The zero-order valence-electron chi connectivity index (χ0n) is 16.1. The molecule has 1 N–H and O–H groups in total. The molecule has 2 aromatic heterocycles. The highest BCUT2D eigenvalue weighted by molar-refractivity contribution is 5.55. The van der Waals surface area contributed by atoms with Gasteiger partial charge in [-0.2, -0.15) is 0 Å². The standard InChI is InChI=1S/C22H26N4O/c1-16(2)20-13-21(27)25-22(24-20)19-8-6-18(7-9-19)15-26(3)12-10-17-5-4-11-23-14-17/h4-9,11,13-14,16H,10,12,15H2,1-3H3,(H,24,25,27). The molecule has 0 bridgehead atoms. The summed E-state index contributed by atoms with van der Waals surface area (Å²) in [6.07, 6.45) is 4.70. The van der Waals surface area contributed by atoms with Crippen LogP contribution in [0.2, 0.25) is 0 Å². The number of likely N-dealkylation sites (N-methyl/N-ethyl adjacent to an activating group) is 1. The van der Waals surface area contributed by atoms with Gasteiger partial charge in [-0.05, 0) is 36.6 Å². The summed E-state index contributed by atoms with van der Waals surface area (Å²) < 4.78 is 0. The van der Waals surface area contributed by atoms with Crippen LogP contribution in [0, 0.1) is 0 Å². The van der Waals surface area contributed by atoms with E-state index in [0.29, 0.717) is 5.82 Å². The molecular weight excluding hydrogens is 336 g/mol. The van der Waals surface area contributed by atoms with Crippen molar-refractivity contribution in [2.45, 2.75) is 32.7 Å². The molecule has 0 amide bonds. The Hall–Kier alpha value is -2.79. The number of hydrogen-bond acceptors (Lipinski definition) is 4. The molecule has 0 saturated heterocycles. The van der Waals surface area contributed by atoms with Crippen molar-refractivity contribution >= 4 is 0 Å². The largest absolute Gasteiger partial charge is 0.307 e. The fourth-order valence-corrected chi connectivity index (χ4v) is 2.93. The fraction of sp³-hybridized carbons (Fsp3) is 0.318. The van der Waals surface area contributed by atoms with Gasteiger partial charge in [-0.3, -0.25) is 9.78 Å². The fourth-order valence-electron chi connectivity index (χ4n) is 2.93. The average molecular weight is 362 g/mol. The van der Waals surface area contributed by atoms with Crippen molar-refractivity contribution in [3.63, 3.8) is 0 Å². The van der Waals surface area contributed by atoms with Crippen molar-refractivity contribution in [1.82, 2.24) is 19.9 Å². The minimum Gasteiger partial charge on any atom is -0.307 e.